The van der Waals surface area contributed by atoms with Crippen LogP contribution in [-0.2, 0) is 5.60 Å². The molecule has 0 aliphatic heterocycles. The van der Waals surface area contributed by atoms with Crippen molar-refractivity contribution in [2.75, 3.05) is 17.2 Å². The summed E-state index contributed by atoms with van der Waals surface area (Å²) in [6.45, 7) is 8.84. The summed E-state index contributed by atoms with van der Waals surface area (Å²) in [5, 5.41) is 21.7. The van der Waals surface area contributed by atoms with Gasteiger partial charge in [-0.05, 0) is 82.3 Å². The molecular weight excluding hydrogens is 468 g/mol. The van der Waals surface area contributed by atoms with E-state index in [1.54, 1.807) is 26.1 Å². The van der Waals surface area contributed by atoms with Gasteiger partial charge in [0, 0.05) is 24.5 Å². The number of oxazole rings is 1. The minimum Gasteiger partial charge on any atom is -0.444 e. The number of rotatable bonds is 9. The van der Waals surface area contributed by atoms with Crippen molar-refractivity contribution in [3.05, 3.63) is 42.2 Å². The van der Waals surface area contributed by atoms with Gasteiger partial charge in [0.05, 0.1) is 11.7 Å². The van der Waals surface area contributed by atoms with Gasteiger partial charge in [0.15, 0.2) is 5.69 Å². The molecule has 37 heavy (non-hydrogen) atoms. The van der Waals surface area contributed by atoms with E-state index in [1.807, 2.05) is 16.9 Å². The predicted molar refractivity (Wildman–Crippen MR) is 142 cm³/mol. The standard InChI is InChI=1S/C28H38N6O3/c1-17(2)19-7-9-21(10-8-19)34-15-22(25(33-34)28(3,4)36)31-26(35)23-16-37-27(32-23)20-11-12-29-24(13-20)30-14-18-5-6-18/h11-13,15-19,21,36H,5-10,14H2,1-4H3,(H,29,30)(H,31,35)/t19-,21+. The third-order valence-corrected chi connectivity index (χ3v) is 7.63. The second-order valence-electron chi connectivity index (χ2n) is 11.5. The quantitative estimate of drug-likeness (QED) is 0.345. The lowest BCUT2D eigenvalue weighted by Gasteiger charge is -2.31. The number of hydrogen-bond donors (Lipinski definition) is 3. The SMILES string of the molecule is CC(C)[C@H]1CC[C@@H](n2cc(NC(=O)c3coc(-c4ccnc(NCC5CC5)c4)n3)c(C(C)(C)O)n2)CC1. The largest absolute Gasteiger partial charge is 0.444 e. The molecule has 5 rings (SSSR count). The molecule has 2 aliphatic carbocycles. The van der Waals surface area contributed by atoms with E-state index in [0.717, 1.165) is 55.4 Å². The molecule has 3 heterocycles. The van der Waals surface area contributed by atoms with E-state index in [0.29, 0.717) is 23.2 Å². The zero-order valence-corrected chi connectivity index (χ0v) is 22.2. The van der Waals surface area contributed by atoms with Crippen molar-refractivity contribution in [1.82, 2.24) is 19.7 Å². The lowest BCUT2D eigenvalue weighted by atomic mass is 9.80. The molecule has 9 nitrogen and oxygen atoms in total. The number of carbonyl (C=O) groups is 1. The summed E-state index contributed by atoms with van der Waals surface area (Å²) in [7, 11) is 0. The Kier molecular flexibility index (Phi) is 7.07. The fourth-order valence-corrected chi connectivity index (χ4v) is 5.08. The maximum atomic E-state index is 13.1. The number of pyridine rings is 1. The van der Waals surface area contributed by atoms with Crippen molar-refractivity contribution < 1.29 is 14.3 Å². The van der Waals surface area contributed by atoms with Gasteiger partial charge in [0.25, 0.3) is 5.91 Å². The number of hydrogen-bond acceptors (Lipinski definition) is 7. The Morgan fingerprint density at radius 2 is 1.97 bits per heavy atom. The molecule has 2 fully saturated rings. The van der Waals surface area contributed by atoms with Crippen molar-refractivity contribution in [2.45, 2.75) is 77.9 Å². The highest BCUT2D eigenvalue weighted by Gasteiger charge is 2.30. The normalized spacial score (nSPS) is 20.3. The van der Waals surface area contributed by atoms with E-state index >= 15 is 0 Å². The van der Waals surface area contributed by atoms with Gasteiger partial charge >= 0.3 is 0 Å². The summed E-state index contributed by atoms with van der Waals surface area (Å²) >= 11 is 0. The van der Waals surface area contributed by atoms with Gasteiger partial charge in [-0.2, -0.15) is 5.10 Å². The highest BCUT2D eigenvalue weighted by atomic mass is 16.3. The Morgan fingerprint density at radius 1 is 1.22 bits per heavy atom. The molecule has 2 aliphatic rings. The highest BCUT2D eigenvalue weighted by molar-refractivity contribution is 6.03. The van der Waals surface area contributed by atoms with Gasteiger partial charge < -0.3 is 20.2 Å². The predicted octanol–water partition coefficient (Wildman–Crippen LogP) is 5.62. The van der Waals surface area contributed by atoms with Crippen LogP contribution in [0.25, 0.3) is 11.5 Å². The zero-order valence-electron chi connectivity index (χ0n) is 22.2. The van der Waals surface area contributed by atoms with Crippen LogP contribution in [0.1, 0.15) is 88.4 Å². The maximum Gasteiger partial charge on any atom is 0.277 e. The Balaban J connectivity index is 1.29. The van der Waals surface area contributed by atoms with E-state index in [1.165, 1.54) is 19.1 Å². The molecule has 0 radical (unpaired) electrons. The maximum absolute atomic E-state index is 13.1. The molecule has 9 heteroatoms. The van der Waals surface area contributed by atoms with E-state index in [2.05, 4.69) is 34.4 Å². The molecule has 0 atom stereocenters. The monoisotopic (exact) mass is 506 g/mol. The Bertz CT molecular complexity index is 1230. The smallest absolute Gasteiger partial charge is 0.277 e. The van der Waals surface area contributed by atoms with Crippen molar-refractivity contribution in [3.63, 3.8) is 0 Å². The summed E-state index contributed by atoms with van der Waals surface area (Å²) in [5.41, 5.74) is 0.624. The van der Waals surface area contributed by atoms with Crippen LogP contribution in [0, 0.1) is 17.8 Å². The third-order valence-electron chi connectivity index (χ3n) is 7.63. The number of anilines is 2. The van der Waals surface area contributed by atoms with Crippen molar-refractivity contribution in [3.8, 4) is 11.5 Å². The lowest BCUT2D eigenvalue weighted by molar-refractivity contribution is 0.0729. The molecule has 3 aromatic rings. The second-order valence-corrected chi connectivity index (χ2v) is 11.5. The number of aliphatic hydroxyl groups is 1. The number of amides is 1. The van der Waals surface area contributed by atoms with Gasteiger partial charge in [0.2, 0.25) is 5.89 Å². The van der Waals surface area contributed by atoms with Crippen LogP contribution in [-0.4, -0.2) is 37.3 Å². The molecule has 0 bridgehead atoms. The minimum absolute atomic E-state index is 0.159. The van der Waals surface area contributed by atoms with Crippen LogP contribution in [0.15, 0.2) is 35.2 Å². The van der Waals surface area contributed by atoms with Crippen LogP contribution in [0.3, 0.4) is 0 Å². The summed E-state index contributed by atoms with van der Waals surface area (Å²) in [5.74, 6) is 2.86. The molecule has 0 spiro atoms. The van der Waals surface area contributed by atoms with Crippen LogP contribution in [0.2, 0.25) is 0 Å². The first-order valence-electron chi connectivity index (χ1n) is 13.5. The zero-order chi connectivity index (χ0) is 26.2. The van der Waals surface area contributed by atoms with Gasteiger partial charge in [-0.25, -0.2) is 9.97 Å². The third kappa shape index (κ3) is 6.04. The van der Waals surface area contributed by atoms with Gasteiger partial charge in [-0.3, -0.25) is 9.48 Å². The van der Waals surface area contributed by atoms with E-state index in [9.17, 15) is 9.90 Å². The van der Waals surface area contributed by atoms with Crippen molar-refractivity contribution in [2.24, 2.45) is 17.8 Å². The highest BCUT2D eigenvalue weighted by Crippen LogP contribution is 2.37. The fraction of sp³-hybridized carbons (Fsp3) is 0.571. The number of nitrogens with zero attached hydrogens (tertiary/aromatic N) is 4. The summed E-state index contributed by atoms with van der Waals surface area (Å²) in [6.07, 6.45) is 11.8. The van der Waals surface area contributed by atoms with Crippen LogP contribution in [0.5, 0.6) is 0 Å². The van der Waals surface area contributed by atoms with Crippen LogP contribution in [0.4, 0.5) is 11.5 Å². The molecule has 0 unspecified atom stereocenters. The summed E-state index contributed by atoms with van der Waals surface area (Å²) in [6, 6.07) is 3.94. The Labute approximate surface area is 218 Å². The van der Waals surface area contributed by atoms with E-state index in [-0.39, 0.29) is 11.7 Å². The topological polar surface area (TPSA) is 118 Å². The number of nitrogens with one attached hydrogen (secondary N) is 2. The summed E-state index contributed by atoms with van der Waals surface area (Å²) < 4.78 is 7.55. The first-order chi connectivity index (χ1) is 17.7. The molecule has 3 N–H and O–H groups in total. The second kappa shape index (κ2) is 10.3. The van der Waals surface area contributed by atoms with E-state index in [4.69, 9.17) is 9.52 Å². The fourth-order valence-electron chi connectivity index (χ4n) is 5.08. The van der Waals surface area contributed by atoms with Gasteiger partial charge in [0.1, 0.15) is 23.4 Å². The molecular formula is C28H38N6O3. The van der Waals surface area contributed by atoms with Crippen LogP contribution < -0.4 is 10.6 Å². The molecule has 1 amide bonds. The average Bonchev–Trinajstić information content (AvgIpc) is 3.38. The summed E-state index contributed by atoms with van der Waals surface area (Å²) in [4.78, 5) is 21.9. The molecule has 0 aromatic carbocycles. The Morgan fingerprint density at radius 3 is 2.65 bits per heavy atom. The van der Waals surface area contributed by atoms with Gasteiger partial charge in [-0.1, -0.05) is 13.8 Å². The minimum atomic E-state index is -1.21. The molecule has 0 saturated heterocycles. The first-order valence-corrected chi connectivity index (χ1v) is 13.5. The first kappa shape index (κ1) is 25.4. The molecule has 3 aromatic heterocycles. The number of aromatic nitrogens is 4. The molecule has 198 valence electrons. The van der Waals surface area contributed by atoms with Crippen molar-refractivity contribution >= 4 is 17.4 Å². The van der Waals surface area contributed by atoms with E-state index < -0.39 is 11.5 Å². The van der Waals surface area contributed by atoms with Crippen LogP contribution >= 0.6 is 0 Å². The number of carbonyl (C=O) groups excluding carboxylic acids is 1. The van der Waals surface area contributed by atoms with Gasteiger partial charge in [-0.15, -0.1) is 0 Å². The average molecular weight is 507 g/mol. The molecule has 2 saturated carbocycles. The Hall–Kier alpha value is -3.20. The van der Waals surface area contributed by atoms with Crippen molar-refractivity contribution in [1.29, 1.82) is 0 Å². The lowest BCUT2D eigenvalue weighted by Crippen LogP contribution is -2.23.